The lowest BCUT2D eigenvalue weighted by molar-refractivity contribution is -0.133. The number of rotatable bonds is 2. The quantitative estimate of drug-likeness (QED) is 0.473. The van der Waals surface area contributed by atoms with E-state index in [4.69, 9.17) is 16.3 Å². The predicted octanol–water partition coefficient (Wildman–Crippen LogP) is 3.12. The van der Waals surface area contributed by atoms with Crippen molar-refractivity contribution >= 4 is 33.5 Å². The molecule has 0 aliphatic carbocycles. The van der Waals surface area contributed by atoms with Crippen molar-refractivity contribution in [2.24, 2.45) is 0 Å². The Bertz CT molecular complexity index is 355. The van der Waals surface area contributed by atoms with Crippen LogP contribution in [0.1, 0.15) is 6.92 Å². The highest BCUT2D eigenvalue weighted by Gasteiger charge is 2.13. The average molecular weight is 282 g/mol. The first kappa shape index (κ1) is 11.5. The number of esters is 1. The molecule has 0 aromatic heterocycles. The first-order valence-corrected chi connectivity index (χ1v) is 5.04. The van der Waals surface area contributed by atoms with Crippen LogP contribution in [0.3, 0.4) is 0 Å². The molecule has 1 rings (SSSR count). The van der Waals surface area contributed by atoms with E-state index in [0.717, 1.165) is 0 Å². The third-order valence-electron chi connectivity index (χ3n) is 1.43. The fourth-order valence-electron chi connectivity index (χ4n) is 0.748. The third-order valence-corrected chi connectivity index (χ3v) is 2.23. The van der Waals surface area contributed by atoms with E-state index in [1.165, 1.54) is 25.1 Å². The van der Waals surface area contributed by atoms with E-state index in [1.54, 1.807) is 0 Å². The summed E-state index contributed by atoms with van der Waals surface area (Å²) in [7, 11) is 0. The number of halogens is 3. The molecule has 1 aromatic rings. The Balaban J connectivity index is 2.82. The fraction of sp³-hybridized carbons (Fsp3) is 0.222. The molecule has 0 heterocycles. The molecule has 0 saturated heterocycles. The maximum absolute atomic E-state index is 12.6. The summed E-state index contributed by atoms with van der Waals surface area (Å²) in [4.78, 5) is 11.1. The van der Waals surface area contributed by atoms with Gasteiger partial charge in [-0.2, -0.15) is 0 Å². The zero-order valence-corrected chi connectivity index (χ0v) is 9.60. The second kappa shape index (κ2) is 4.75. The largest absolute Gasteiger partial charge is 0.424 e. The first-order chi connectivity index (χ1) is 6.50. The molecule has 0 aliphatic rings. The summed E-state index contributed by atoms with van der Waals surface area (Å²) >= 11 is 8.56. The molecule has 0 fully saturated rings. The molecule has 0 bridgehead atoms. The molecule has 0 amide bonds. The van der Waals surface area contributed by atoms with Gasteiger partial charge in [-0.3, -0.25) is 4.79 Å². The van der Waals surface area contributed by atoms with Crippen LogP contribution in [0.2, 0.25) is 0 Å². The molecular weight excluding hydrogens is 274 g/mol. The van der Waals surface area contributed by atoms with Gasteiger partial charge in [-0.1, -0.05) is 0 Å². The van der Waals surface area contributed by atoms with Gasteiger partial charge in [0.05, 0.1) is 4.47 Å². The van der Waals surface area contributed by atoms with Crippen LogP contribution in [0.15, 0.2) is 22.7 Å². The van der Waals surface area contributed by atoms with E-state index >= 15 is 0 Å². The van der Waals surface area contributed by atoms with Gasteiger partial charge in [0.2, 0.25) is 0 Å². The summed E-state index contributed by atoms with van der Waals surface area (Å²) in [6, 6.07) is 3.77. The van der Waals surface area contributed by atoms with Crippen LogP contribution >= 0.6 is 27.5 Å². The van der Waals surface area contributed by atoms with E-state index in [2.05, 4.69) is 15.9 Å². The van der Waals surface area contributed by atoms with Gasteiger partial charge in [-0.05, 0) is 41.1 Å². The minimum absolute atomic E-state index is 0.254. The Labute approximate surface area is 94.1 Å². The second-order valence-electron chi connectivity index (χ2n) is 2.61. The zero-order chi connectivity index (χ0) is 10.7. The molecule has 0 N–H and O–H groups in total. The molecule has 0 saturated carbocycles. The van der Waals surface area contributed by atoms with Gasteiger partial charge in [0, 0.05) is 0 Å². The van der Waals surface area contributed by atoms with Crippen molar-refractivity contribution in [3.63, 3.8) is 0 Å². The molecule has 0 spiro atoms. The average Bonchev–Trinajstić information content (AvgIpc) is 2.09. The minimum Gasteiger partial charge on any atom is -0.424 e. The topological polar surface area (TPSA) is 26.3 Å². The van der Waals surface area contributed by atoms with Crippen LogP contribution in [-0.2, 0) is 4.79 Å². The molecule has 5 heteroatoms. The van der Waals surface area contributed by atoms with Gasteiger partial charge in [0.25, 0.3) is 0 Å². The molecule has 1 unspecified atom stereocenters. The van der Waals surface area contributed by atoms with Crippen LogP contribution in [0, 0.1) is 5.82 Å². The normalized spacial score (nSPS) is 12.3. The standard InChI is InChI=1S/C9H7BrClFO2/c1-5(11)9(13)14-8-3-2-6(12)4-7(8)10/h2-5H,1H3. The Morgan fingerprint density at radius 2 is 2.29 bits per heavy atom. The SMILES string of the molecule is CC(Cl)C(=O)Oc1ccc(F)cc1Br. The van der Waals surface area contributed by atoms with Gasteiger partial charge in [-0.15, -0.1) is 11.6 Å². The number of ether oxygens (including phenoxy) is 1. The van der Waals surface area contributed by atoms with E-state index < -0.39 is 17.2 Å². The Morgan fingerprint density at radius 1 is 1.64 bits per heavy atom. The van der Waals surface area contributed by atoms with Crippen LogP contribution in [0.25, 0.3) is 0 Å². The summed E-state index contributed by atoms with van der Waals surface area (Å²) in [5.74, 6) is -0.724. The molecule has 76 valence electrons. The fourth-order valence-corrected chi connectivity index (χ4v) is 1.22. The van der Waals surface area contributed by atoms with Crippen LogP contribution in [-0.4, -0.2) is 11.3 Å². The van der Waals surface area contributed by atoms with Crippen LogP contribution in [0.5, 0.6) is 5.75 Å². The maximum Gasteiger partial charge on any atom is 0.329 e. The van der Waals surface area contributed by atoms with E-state index in [9.17, 15) is 9.18 Å². The summed E-state index contributed by atoms with van der Waals surface area (Å²) in [5, 5.41) is -0.730. The summed E-state index contributed by atoms with van der Waals surface area (Å²) in [6.45, 7) is 1.50. The number of benzene rings is 1. The van der Waals surface area contributed by atoms with Gasteiger partial charge < -0.3 is 4.74 Å². The second-order valence-corrected chi connectivity index (χ2v) is 4.12. The highest BCUT2D eigenvalue weighted by atomic mass is 79.9. The minimum atomic E-state index is -0.730. The predicted molar refractivity (Wildman–Crippen MR) is 55.1 cm³/mol. The lowest BCUT2D eigenvalue weighted by Crippen LogP contribution is -2.17. The zero-order valence-electron chi connectivity index (χ0n) is 7.26. The van der Waals surface area contributed by atoms with E-state index in [-0.39, 0.29) is 5.75 Å². The van der Waals surface area contributed by atoms with Crippen molar-refractivity contribution in [3.8, 4) is 5.75 Å². The van der Waals surface area contributed by atoms with Crippen molar-refractivity contribution in [1.82, 2.24) is 0 Å². The summed E-state index contributed by atoms with van der Waals surface area (Å²) in [6.07, 6.45) is 0. The lowest BCUT2D eigenvalue weighted by Gasteiger charge is -2.06. The Kier molecular flexibility index (Phi) is 3.89. The van der Waals surface area contributed by atoms with Crippen molar-refractivity contribution in [1.29, 1.82) is 0 Å². The van der Waals surface area contributed by atoms with E-state index in [0.29, 0.717) is 4.47 Å². The van der Waals surface area contributed by atoms with Crippen molar-refractivity contribution in [2.75, 3.05) is 0 Å². The molecule has 14 heavy (non-hydrogen) atoms. The number of alkyl halides is 1. The van der Waals surface area contributed by atoms with Crippen LogP contribution in [0.4, 0.5) is 4.39 Å². The smallest absolute Gasteiger partial charge is 0.329 e. The van der Waals surface area contributed by atoms with Crippen molar-refractivity contribution in [3.05, 3.63) is 28.5 Å². The van der Waals surface area contributed by atoms with Crippen molar-refractivity contribution in [2.45, 2.75) is 12.3 Å². The van der Waals surface area contributed by atoms with Crippen molar-refractivity contribution < 1.29 is 13.9 Å². The van der Waals surface area contributed by atoms with Gasteiger partial charge in [-0.25, -0.2) is 4.39 Å². The highest BCUT2D eigenvalue weighted by Crippen LogP contribution is 2.25. The van der Waals surface area contributed by atoms with Gasteiger partial charge >= 0.3 is 5.97 Å². The molecule has 0 radical (unpaired) electrons. The first-order valence-electron chi connectivity index (χ1n) is 3.81. The Hall–Kier alpha value is -0.610. The van der Waals surface area contributed by atoms with Gasteiger partial charge in [0.1, 0.15) is 16.9 Å². The number of carbonyl (C=O) groups is 1. The lowest BCUT2D eigenvalue weighted by atomic mass is 10.3. The summed E-state index contributed by atoms with van der Waals surface area (Å²) in [5.41, 5.74) is 0. The maximum atomic E-state index is 12.6. The molecule has 0 aliphatic heterocycles. The molecular formula is C9H7BrClFO2. The molecule has 2 nitrogen and oxygen atoms in total. The van der Waals surface area contributed by atoms with Crippen LogP contribution < -0.4 is 4.74 Å². The van der Waals surface area contributed by atoms with Gasteiger partial charge in [0.15, 0.2) is 0 Å². The monoisotopic (exact) mass is 280 g/mol. The third kappa shape index (κ3) is 2.96. The summed E-state index contributed by atoms with van der Waals surface area (Å²) < 4.78 is 17.9. The number of carbonyl (C=O) groups excluding carboxylic acids is 1. The highest BCUT2D eigenvalue weighted by molar-refractivity contribution is 9.10. The number of hydrogen-bond donors (Lipinski definition) is 0. The molecule has 1 atom stereocenters. The molecule has 1 aromatic carbocycles. The van der Waals surface area contributed by atoms with E-state index in [1.807, 2.05) is 0 Å². The number of hydrogen-bond acceptors (Lipinski definition) is 2. The Morgan fingerprint density at radius 3 is 2.79 bits per heavy atom.